The van der Waals surface area contributed by atoms with E-state index in [9.17, 15) is 4.79 Å². The second-order valence-corrected chi connectivity index (χ2v) is 4.02. The van der Waals surface area contributed by atoms with Crippen molar-refractivity contribution >= 4 is 11.7 Å². The predicted molar refractivity (Wildman–Crippen MR) is 59.0 cm³/mol. The van der Waals surface area contributed by atoms with Crippen LogP contribution >= 0.6 is 0 Å². The van der Waals surface area contributed by atoms with Gasteiger partial charge in [0.1, 0.15) is 6.04 Å². The first-order chi connectivity index (χ1) is 7.11. The van der Waals surface area contributed by atoms with Crippen LogP contribution in [0.3, 0.4) is 0 Å². The molecule has 1 aromatic carbocycles. The van der Waals surface area contributed by atoms with Gasteiger partial charge in [-0.05, 0) is 36.6 Å². The standard InChI is InChI=1S/C12H15NO2/c1-7-4-9-6-11(12(14)15-3)13-10(9)5-8(7)2/h4-5,11,13H,6H2,1-3H3. The lowest BCUT2D eigenvalue weighted by atomic mass is 10.0. The van der Waals surface area contributed by atoms with Gasteiger partial charge in [0.15, 0.2) is 0 Å². The molecule has 0 aromatic heterocycles. The van der Waals surface area contributed by atoms with Gasteiger partial charge in [-0.3, -0.25) is 0 Å². The number of nitrogens with one attached hydrogen (secondary N) is 1. The number of methoxy groups -OCH3 is 1. The zero-order valence-corrected chi connectivity index (χ0v) is 9.26. The Hall–Kier alpha value is -1.51. The molecule has 0 saturated carbocycles. The van der Waals surface area contributed by atoms with Crippen LogP contribution in [0, 0.1) is 13.8 Å². The molecular formula is C12H15NO2. The molecule has 0 spiro atoms. The first kappa shape index (κ1) is 10.0. The highest BCUT2D eigenvalue weighted by atomic mass is 16.5. The van der Waals surface area contributed by atoms with Crippen LogP contribution in [-0.4, -0.2) is 19.1 Å². The molecule has 1 unspecified atom stereocenters. The number of carbonyl (C=O) groups is 1. The Morgan fingerprint density at radius 3 is 2.73 bits per heavy atom. The monoisotopic (exact) mass is 205 g/mol. The number of carbonyl (C=O) groups excluding carboxylic acids is 1. The summed E-state index contributed by atoms with van der Waals surface area (Å²) in [5.74, 6) is -0.193. The van der Waals surface area contributed by atoms with E-state index in [0.29, 0.717) is 0 Å². The van der Waals surface area contributed by atoms with Crippen molar-refractivity contribution in [1.29, 1.82) is 0 Å². The van der Waals surface area contributed by atoms with E-state index in [1.807, 2.05) is 0 Å². The lowest BCUT2D eigenvalue weighted by Gasteiger charge is -2.07. The Balaban J connectivity index is 2.27. The number of esters is 1. The van der Waals surface area contributed by atoms with Crippen molar-refractivity contribution in [3.63, 3.8) is 0 Å². The third-order valence-electron chi connectivity index (χ3n) is 2.96. The zero-order chi connectivity index (χ0) is 11.0. The summed E-state index contributed by atoms with van der Waals surface area (Å²) in [4.78, 5) is 11.4. The van der Waals surface area contributed by atoms with Crippen molar-refractivity contribution in [3.8, 4) is 0 Å². The normalized spacial score (nSPS) is 18.2. The fourth-order valence-corrected chi connectivity index (χ4v) is 1.92. The van der Waals surface area contributed by atoms with Crippen LogP contribution in [0.2, 0.25) is 0 Å². The molecule has 0 fully saturated rings. The molecule has 1 aliphatic heterocycles. The molecule has 3 nitrogen and oxygen atoms in total. The molecule has 1 aliphatic rings. The molecule has 1 aromatic rings. The second-order valence-electron chi connectivity index (χ2n) is 4.02. The number of ether oxygens (including phenoxy) is 1. The first-order valence-electron chi connectivity index (χ1n) is 5.06. The van der Waals surface area contributed by atoms with Crippen molar-refractivity contribution in [2.24, 2.45) is 0 Å². The molecule has 2 rings (SSSR count). The summed E-state index contributed by atoms with van der Waals surface area (Å²) in [6.07, 6.45) is 0.725. The maximum atomic E-state index is 11.4. The fraction of sp³-hybridized carbons (Fsp3) is 0.417. The molecule has 15 heavy (non-hydrogen) atoms. The average Bonchev–Trinajstić information content (AvgIpc) is 2.60. The Morgan fingerprint density at radius 1 is 1.40 bits per heavy atom. The SMILES string of the molecule is COC(=O)C1Cc2cc(C)c(C)cc2N1. The number of aryl methyl sites for hydroxylation is 2. The summed E-state index contributed by atoms with van der Waals surface area (Å²) in [6.45, 7) is 4.16. The maximum Gasteiger partial charge on any atom is 0.328 e. The quantitative estimate of drug-likeness (QED) is 0.711. The van der Waals surface area contributed by atoms with Crippen LogP contribution in [0.1, 0.15) is 16.7 Å². The molecule has 1 atom stereocenters. The molecule has 1 heterocycles. The molecule has 0 radical (unpaired) electrons. The number of hydrogen-bond acceptors (Lipinski definition) is 3. The Labute approximate surface area is 89.4 Å². The Morgan fingerprint density at radius 2 is 2.07 bits per heavy atom. The van der Waals surface area contributed by atoms with Gasteiger partial charge in [-0.15, -0.1) is 0 Å². The van der Waals surface area contributed by atoms with E-state index in [0.717, 1.165) is 12.1 Å². The molecular weight excluding hydrogens is 190 g/mol. The van der Waals surface area contributed by atoms with Crippen molar-refractivity contribution in [3.05, 3.63) is 28.8 Å². The number of fused-ring (bicyclic) bond motifs is 1. The van der Waals surface area contributed by atoms with Crippen molar-refractivity contribution in [2.45, 2.75) is 26.3 Å². The van der Waals surface area contributed by atoms with Crippen molar-refractivity contribution in [2.75, 3.05) is 12.4 Å². The molecule has 0 saturated heterocycles. The molecule has 1 N–H and O–H groups in total. The van der Waals surface area contributed by atoms with Crippen LogP contribution in [0.4, 0.5) is 5.69 Å². The molecule has 0 amide bonds. The number of anilines is 1. The number of rotatable bonds is 1. The summed E-state index contributed by atoms with van der Waals surface area (Å²) in [6, 6.07) is 4.01. The minimum Gasteiger partial charge on any atom is -0.467 e. The largest absolute Gasteiger partial charge is 0.467 e. The zero-order valence-electron chi connectivity index (χ0n) is 9.26. The third kappa shape index (κ3) is 1.69. The lowest BCUT2D eigenvalue weighted by molar-refractivity contribution is -0.141. The van der Waals surface area contributed by atoms with Crippen LogP contribution < -0.4 is 5.32 Å². The van der Waals surface area contributed by atoms with E-state index < -0.39 is 0 Å². The summed E-state index contributed by atoms with van der Waals surface area (Å²) < 4.78 is 4.72. The van der Waals surface area contributed by atoms with Crippen molar-refractivity contribution in [1.82, 2.24) is 0 Å². The van der Waals surface area contributed by atoms with Crippen LogP contribution in [0.5, 0.6) is 0 Å². The van der Waals surface area contributed by atoms with E-state index in [-0.39, 0.29) is 12.0 Å². The van der Waals surface area contributed by atoms with Gasteiger partial charge in [0.2, 0.25) is 0 Å². The van der Waals surface area contributed by atoms with E-state index in [1.54, 1.807) is 0 Å². The minimum absolute atomic E-state index is 0.193. The molecule has 3 heteroatoms. The number of benzene rings is 1. The lowest BCUT2D eigenvalue weighted by Crippen LogP contribution is -2.27. The van der Waals surface area contributed by atoms with Gasteiger partial charge in [0.25, 0.3) is 0 Å². The van der Waals surface area contributed by atoms with Gasteiger partial charge in [0, 0.05) is 12.1 Å². The summed E-state index contributed by atoms with van der Waals surface area (Å²) in [5.41, 5.74) is 4.77. The molecule has 0 aliphatic carbocycles. The van der Waals surface area contributed by atoms with Gasteiger partial charge < -0.3 is 10.1 Å². The predicted octanol–water partition coefficient (Wildman–Crippen LogP) is 1.81. The van der Waals surface area contributed by atoms with E-state index in [4.69, 9.17) is 4.74 Å². The summed E-state index contributed by atoms with van der Waals surface area (Å²) in [5, 5.41) is 3.18. The van der Waals surface area contributed by atoms with Crippen LogP contribution in [-0.2, 0) is 16.0 Å². The average molecular weight is 205 g/mol. The third-order valence-corrected chi connectivity index (χ3v) is 2.96. The summed E-state index contributed by atoms with van der Waals surface area (Å²) >= 11 is 0. The highest BCUT2D eigenvalue weighted by Crippen LogP contribution is 2.29. The summed E-state index contributed by atoms with van der Waals surface area (Å²) in [7, 11) is 1.42. The van der Waals surface area contributed by atoms with Crippen molar-refractivity contribution < 1.29 is 9.53 Å². The minimum atomic E-state index is -0.216. The topological polar surface area (TPSA) is 38.3 Å². The number of hydrogen-bond donors (Lipinski definition) is 1. The smallest absolute Gasteiger partial charge is 0.328 e. The molecule has 0 bridgehead atoms. The van der Waals surface area contributed by atoms with Gasteiger partial charge in [-0.1, -0.05) is 6.07 Å². The van der Waals surface area contributed by atoms with Crippen LogP contribution in [0.15, 0.2) is 12.1 Å². The van der Waals surface area contributed by atoms with Crippen LogP contribution in [0.25, 0.3) is 0 Å². The van der Waals surface area contributed by atoms with Gasteiger partial charge in [-0.25, -0.2) is 4.79 Å². The Kier molecular flexibility index (Phi) is 2.39. The first-order valence-corrected chi connectivity index (χ1v) is 5.06. The van der Waals surface area contributed by atoms with E-state index in [1.165, 1.54) is 23.8 Å². The Bertz CT molecular complexity index is 381. The van der Waals surface area contributed by atoms with Gasteiger partial charge >= 0.3 is 5.97 Å². The van der Waals surface area contributed by atoms with Gasteiger partial charge in [0.05, 0.1) is 7.11 Å². The molecule has 80 valence electrons. The maximum absolute atomic E-state index is 11.4. The fourth-order valence-electron chi connectivity index (χ4n) is 1.92. The highest BCUT2D eigenvalue weighted by Gasteiger charge is 2.27. The van der Waals surface area contributed by atoms with E-state index in [2.05, 4.69) is 31.3 Å². The second kappa shape index (κ2) is 3.57. The highest BCUT2D eigenvalue weighted by molar-refractivity contribution is 5.83. The van der Waals surface area contributed by atoms with Gasteiger partial charge in [-0.2, -0.15) is 0 Å². The van der Waals surface area contributed by atoms with E-state index >= 15 is 0 Å².